The minimum atomic E-state index is -0.489. The Morgan fingerprint density at radius 1 is 1.14 bits per heavy atom. The Kier molecular flexibility index (Phi) is 6.60. The van der Waals surface area contributed by atoms with E-state index >= 15 is 0 Å². The molecule has 148 valence electrons. The van der Waals surface area contributed by atoms with Crippen LogP contribution in [0, 0.1) is 5.82 Å². The van der Waals surface area contributed by atoms with E-state index < -0.39 is 11.7 Å². The Morgan fingerprint density at radius 3 is 2.61 bits per heavy atom. The quantitative estimate of drug-likeness (QED) is 0.825. The molecule has 0 bridgehead atoms. The molecule has 0 aliphatic carbocycles. The third-order valence-corrected chi connectivity index (χ3v) is 4.71. The molecule has 1 saturated heterocycles. The molecule has 0 unspecified atom stereocenters. The number of halogens is 1. The van der Waals surface area contributed by atoms with Crippen LogP contribution in [0.1, 0.15) is 15.9 Å². The van der Waals surface area contributed by atoms with Gasteiger partial charge in [-0.1, -0.05) is 24.3 Å². The summed E-state index contributed by atoms with van der Waals surface area (Å²) in [6, 6.07) is 12.9. The van der Waals surface area contributed by atoms with Crippen LogP contribution < -0.4 is 10.1 Å². The second-order valence-corrected chi connectivity index (χ2v) is 6.61. The smallest absolute Gasteiger partial charge is 0.254 e. The van der Waals surface area contributed by atoms with Gasteiger partial charge >= 0.3 is 0 Å². The maximum absolute atomic E-state index is 13.6. The number of carbonyl (C=O) groups is 2. The molecular formula is C21H24FN3O3. The van der Waals surface area contributed by atoms with E-state index in [1.54, 1.807) is 24.1 Å². The van der Waals surface area contributed by atoms with E-state index in [1.807, 2.05) is 18.2 Å². The predicted molar refractivity (Wildman–Crippen MR) is 104 cm³/mol. The van der Waals surface area contributed by atoms with Crippen molar-refractivity contribution in [2.24, 2.45) is 0 Å². The van der Waals surface area contributed by atoms with Gasteiger partial charge in [-0.2, -0.15) is 0 Å². The van der Waals surface area contributed by atoms with Crippen molar-refractivity contribution < 1.29 is 18.7 Å². The summed E-state index contributed by atoms with van der Waals surface area (Å²) >= 11 is 0. The molecule has 0 aromatic heterocycles. The second kappa shape index (κ2) is 9.32. The molecule has 1 aliphatic rings. The lowest BCUT2D eigenvalue weighted by molar-refractivity contribution is -0.132. The number of methoxy groups -OCH3 is 1. The van der Waals surface area contributed by atoms with Gasteiger partial charge in [0.05, 0.1) is 13.7 Å². The fourth-order valence-electron chi connectivity index (χ4n) is 3.22. The number of carbonyl (C=O) groups excluding carboxylic acids is 2. The summed E-state index contributed by atoms with van der Waals surface area (Å²) in [5, 5.41) is 3.20. The Labute approximate surface area is 163 Å². The Hall–Kier alpha value is -2.93. The average Bonchev–Trinajstić information content (AvgIpc) is 2.73. The van der Waals surface area contributed by atoms with Crippen LogP contribution in [0.4, 0.5) is 4.39 Å². The van der Waals surface area contributed by atoms with Crippen LogP contribution in [0.3, 0.4) is 0 Å². The Balaban J connectivity index is 1.84. The second-order valence-electron chi connectivity index (χ2n) is 6.61. The maximum Gasteiger partial charge on any atom is 0.254 e. The third kappa shape index (κ3) is 4.86. The van der Waals surface area contributed by atoms with Crippen molar-refractivity contribution in [3.63, 3.8) is 0 Å². The van der Waals surface area contributed by atoms with Gasteiger partial charge in [-0.05, 0) is 24.3 Å². The predicted octanol–water partition coefficient (Wildman–Crippen LogP) is 1.91. The number of ether oxygens (including phenoxy) is 1. The van der Waals surface area contributed by atoms with E-state index in [-0.39, 0.29) is 24.6 Å². The molecule has 3 rings (SSSR count). The summed E-state index contributed by atoms with van der Waals surface area (Å²) in [5.41, 5.74) is 0.992. The minimum absolute atomic E-state index is 0.0760. The first kappa shape index (κ1) is 19.8. The minimum Gasteiger partial charge on any atom is -0.496 e. The summed E-state index contributed by atoms with van der Waals surface area (Å²) in [6.07, 6.45) is 0. The van der Waals surface area contributed by atoms with Gasteiger partial charge in [-0.3, -0.25) is 9.59 Å². The molecule has 0 radical (unpaired) electrons. The van der Waals surface area contributed by atoms with Crippen molar-refractivity contribution in [1.29, 1.82) is 0 Å². The van der Waals surface area contributed by atoms with Crippen molar-refractivity contribution >= 4 is 11.8 Å². The van der Waals surface area contributed by atoms with Crippen LogP contribution in [-0.4, -0.2) is 61.4 Å². The molecule has 2 amide bonds. The van der Waals surface area contributed by atoms with Gasteiger partial charge in [-0.25, -0.2) is 4.39 Å². The number of hydrogen-bond acceptors (Lipinski definition) is 4. The molecule has 1 N–H and O–H groups in total. The monoisotopic (exact) mass is 385 g/mol. The van der Waals surface area contributed by atoms with Crippen LogP contribution in [-0.2, 0) is 11.3 Å². The standard InChI is InChI=1S/C21H24FN3O3/c1-28-19-8-3-2-5-17(19)14-25(15-20(26)24-11-9-23-10-12-24)21(27)16-6-4-7-18(22)13-16/h2-8,13,23H,9-12,14-15H2,1H3. The summed E-state index contributed by atoms with van der Waals surface area (Å²) in [6.45, 7) is 2.79. The fraction of sp³-hybridized carbons (Fsp3) is 0.333. The molecule has 2 aromatic carbocycles. The molecule has 1 heterocycles. The average molecular weight is 385 g/mol. The van der Waals surface area contributed by atoms with Gasteiger partial charge in [0.1, 0.15) is 18.1 Å². The number of benzene rings is 2. The van der Waals surface area contributed by atoms with Gasteiger partial charge < -0.3 is 19.9 Å². The number of piperazine rings is 1. The molecule has 0 saturated carbocycles. The molecule has 6 nitrogen and oxygen atoms in total. The van der Waals surface area contributed by atoms with Gasteiger partial charge in [0, 0.05) is 37.3 Å². The van der Waals surface area contributed by atoms with Crippen molar-refractivity contribution in [2.75, 3.05) is 39.8 Å². The lowest BCUT2D eigenvalue weighted by Crippen LogP contribution is -2.50. The van der Waals surface area contributed by atoms with E-state index in [0.717, 1.165) is 18.7 Å². The summed E-state index contributed by atoms with van der Waals surface area (Å²) in [5.74, 6) is -0.374. The van der Waals surface area contributed by atoms with Crippen LogP contribution >= 0.6 is 0 Å². The fourth-order valence-corrected chi connectivity index (χ4v) is 3.22. The molecule has 2 aromatic rings. The molecule has 1 fully saturated rings. The summed E-state index contributed by atoms with van der Waals surface area (Å²) < 4.78 is 19.0. The Morgan fingerprint density at radius 2 is 1.89 bits per heavy atom. The number of hydrogen-bond donors (Lipinski definition) is 1. The normalized spacial score (nSPS) is 13.9. The van der Waals surface area contributed by atoms with Crippen LogP contribution in [0.5, 0.6) is 5.75 Å². The topological polar surface area (TPSA) is 61.9 Å². The van der Waals surface area contributed by atoms with Gasteiger partial charge in [-0.15, -0.1) is 0 Å². The molecule has 7 heteroatoms. The van der Waals surface area contributed by atoms with Gasteiger partial charge in [0.25, 0.3) is 5.91 Å². The summed E-state index contributed by atoms with van der Waals surface area (Å²) in [7, 11) is 1.56. The third-order valence-electron chi connectivity index (χ3n) is 4.71. The first-order chi connectivity index (χ1) is 13.6. The number of para-hydroxylation sites is 1. The first-order valence-electron chi connectivity index (χ1n) is 9.23. The van der Waals surface area contributed by atoms with Gasteiger partial charge in [0.15, 0.2) is 0 Å². The zero-order valence-electron chi connectivity index (χ0n) is 15.9. The number of nitrogens with one attached hydrogen (secondary N) is 1. The van der Waals surface area contributed by atoms with E-state index in [2.05, 4.69) is 5.32 Å². The van der Waals surface area contributed by atoms with E-state index in [4.69, 9.17) is 4.74 Å². The number of nitrogens with zero attached hydrogens (tertiary/aromatic N) is 2. The molecule has 0 spiro atoms. The lowest BCUT2D eigenvalue weighted by Gasteiger charge is -2.30. The molecular weight excluding hydrogens is 361 g/mol. The largest absolute Gasteiger partial charge is 0.496 e. The van der Waals surface area contributed by atoms with Crippen LogP contribution in [0.15, 0.2) is 48.5 Å². The van der Waals surface area contributed by atoms with Crippen molar-refractivity contribution in [2.45, 2.75) is 6.54 Å². The summed E-state index contributed by atoms with van der Waals surface area (Å²) in [4.78, 5) is 29.0. The highest BCUT2D eigenvalue weighted by atomic mass is 19.1. The lowest BCUT2D eigenvalue weighted by atomic mass is 10.1. The van der Waals surface area contributed by atoms with Crippen molar-refractivity contribution in [3.05, 3.63) is 65.5 Å². The number of amides is 2. The van der Waals surface area contributed by atoms with Crippen molar-refractivity contribution in [3.8, 4) is 5.75 Å². The van der Waals surface area contributed by atoms with Crippen LogP contribution in [0.2, 0.25) is 0 Å². The molecule has 1 aliphatic heterocycles. The highest BCUT2D eigenvalue weighted by Crippen LogP contribution is 2.21. The van der Waals surface area contributed by atoms with Crippen molar-refractivity contribution in [1.82, 2.24) is 15.1 Å². The highest BCUT2D eigenvalue weighted by molar-refractivity contribution is 5.96. The zero-order valence-corrected chi connectivity index (χ0v) is 15.9. The van der Waals surface area contributed by atoms with E-state index in [1.165, 1.54) is 23.1 Å². The number of rotatable bonds is 6. The maximum atomic E-state index is 13.6. The van der Waals surface area contributed by atoms with E-state index in [9.17, 15) is 14.0 Å². The molecule has 0 atom stereocenters. The molecule has 28 heavy (non-hydrogen) atoms. The van der Waals surface area contributed by atoms with E-state index in [0.29, 0.717) is 18.8 Å². The zero-order chi connectivity index (χ0) is 19.9. The van der Waals surface area contributed by atoms with Crippen LogP contribution in [0.25, 0.3) is 0 Å². The van der Waals surface area contributed by atoms with Gasteiger partial charge in [0.2, 0.25) is 5.91 Å². The first-order valence-corrected chi connectivity index (χ1v) is 9.23. The Bertz CT molecular complexity index is 837. The SMILES string of the molecule is COc1ccccc1CN(CC(=O)N1CCNCC1)C(=O)c1cccc(F)c1. The highest BCUT2D eigenvalue weighted by Gasteiger charge is 2.24.